The third-order valence-corrected chi connectivity index (χ3v) is 2.22. The van der Waals surface area contributed by atoms with Gasteiger partial charge in [0, 0.05) is 25.4 Å². The zero-order valence-corrected chi connectivity index (χ0v) is 9.67. The number of nitrogens with zero attached hydrogens (tertiary/aromatic N) is 1. The summed E-state index contributed by atoms with van der Waals surface area (Å²) in [5.41, 5.74) is 0. The second kappa shape index (κ2) is 5.80. The molecule has 1 unspecified atom stereocenters. The van der Waals surface area contributed by atoms with Crippen LogP contribution in [0.3, 0.4) is 0 Å². The Hall–Kier alpha value is -0.840. The van der Waals surface area contributed by atoms with E-state index in [1.165, 1.54) is 0 Å². The Balaban J connectivity index is 2.08. The van der Waals surface area contributed by atoms with Gasteiger partial charge in [0.05, 0.1) is 4.83 Å². The van der Waals surface area contributed by atoms with Crippen molar-refractivity contribution >= 4 is 21.8 Å². The minimum absolute atomic E-state index is 0.0319. The van der Waals surface area contributed by atoms with E-state index in [0.29, 0.717) is 6.54 Å². The van der Waals surface area contributed by atoms with Gasteiger partial charge in [-0.1, -0.05) is 15.9 Å². The van der Waals surface area contributed by atoms with Gasteiger partial charge in [-0.3, -0.25) is 4.79 Å². The van der Waals surface area contributed by atoms with Crippen molar-refractivity contribution in [2.24, 2.45) is 0 Å². The summed E-state index contributed by atoms with van der Waals surface area (Å²) in [5.74, 6) is 0.996. The first kappa shape index (κ1) is 11.2. The molecule has 2 N–H and O–H groups in total. The summed E-state index contributed by atoms with van der Waals surface area (Å²) in [6, 6.07) is 0. The largest absolute Gasteiger partial charge is 0.355 e. The molecule has 0 spiro atoms. The van der Waals surface area contributed by atoms with Crippen LogP contribution in [0.25, 0.3) is 0 Å². The molecule has 0 aliphatic carbocycles. The number of imidazole rings is 1. The summed E-state index contributed by atoms with van der Waals surface area (Å²) in [4.78, 5) is 18.1. The van der Waals surface area contributed by atoms with Crippen molar-refractivity contribution in [2.45, 2.75) is 24.6 Å². The van der Waals surface area contributed by atoms with Crippen LogP contribution in [0.1, 0.15) is 19.2 Å². The van der Waals surface area contributed by atoms with Gasteiger partial charge in [-0.05, 0) is 13.3 Å². The molecule has 5 heteroatoms. The van der Waals surface area contributed by atoms with Crippen LogP contribution in [-0.2, 0) is 11.2 Å². The van der Waals surface area contributed by atoms with Crippen LogP contribution in [-0.4, -0.2) is 27.2 Å². The number of carbonyl (C=O) groups excluding carboxylic acids is 1. The molecule has 4 nitrogen and oxygen atoms in total. The maximum atomic E-state index is 11.1. The van der Waals surface area contributed by atoms with Crippen LogP contribution in [0.4, 0.5) is 0 Å². The molecule has 0 aliphatic heterocycles. The number of aromatic nitrogens is 2. The van der Waals surface area contributed by atoms with Gasteiger partial charge in [0.15, 0.2) is 0 Å². The second-order valence-corrected chi connectivity index (χ2v) is 4.42. The Morgan fingerprint density at radius 2 is 2.57 bits per heavy atom. The number of aromatic amines is 1. The molecule has 1 amide bonds. The number of halogens is 1. The van der Waals surface area contributed by atoms with Crippen molar-refractivity contribution in [3.05, 3.63) is 18.2 Å². The predicted molar refractivity (Wildman–Crippen MR) is 58.3 cm³/mol. The number of H-pyrrole nitrogens is 1. The molecular weight excluding hydrogens is 246 g/mol. The van der Waals surface area contributed by atoms with Gasteiger partial charge in [-0.15, -0.1) is 0 Å². The lowest BCUT2D eigenvalue weighted by molar-refractivity contribution is -0.120. The average molecular weight is 260 g/mol. The summed E-state index contributed by atoms with van der Waals surface area (Å²) in [5, 5.41) is 2.82. The average Bonchev–Trinajstić information content (AvgIpc) is 2.64. The molecule has 0 fully saturated rings. The van der Waals surface area contributed by atoms with Gasteiger partial charge in [0.2, 0.25) is 5.91 Å². The minimum Gasteiger partial charge on any atom is -0.355 e. The van der Waals surface area contributed by atoms with E-state index in [0.717, 1.165) is 18.7 Å². The zero-order valence-electron chi connectivity index (χ0n) is 8.09. The molecule has 0 saturated heterocycles. The third-order valence-electron chi connectivity index (χ3n) is 1.81. The Morgan fingerprint density at radius 1 is 1.79 bits per heavy atom. The highest BCUT2D eigenvalue weighted by Gasteiger charge is 2.06. The van der Waals surface area contributed by atoms with Crippen LogP contribution in [0.5, 0.6) is 0 Å². The Labute approximate surface area is 91.6 Å². The van der Waals surface area contributed by atoms with E-state index >= 15 is 0 Å². The molecule has 0 aliphatic rings. The molecule has 0 saturated carbocycles. The summed E-state index contributed by atoms with van der Waals surface area (Å²) in [7, 11) is 0. The van der Waals surface area contributed by atoms with Crippen molar-refractivity contribution in [2.75, 3.05) is 6.54 Å². The van der Waals surface area contributed by atoms with Crippen molar-refractivity contribution in [1.82, 2.24) is 15.3 Å². The summed E-state index contributed by atoms with van der Waals surface area (Å²) in [6.07, 6.45) is 5.30. The molecule has 1 aromatic rings. The fraction of sp³-hybridized carbons (Fsp3) is 0.556. The summed E-state index contributed by atoms with van der Waals surface area (Å²) in [6.45, 7) is 2.50. The van der Waals surface area contributed by atoms with Crippen molar-refractivity contribution in [3.63, 3.8) is 0 Å². The molecule has 1 aromatic heterocycles. The van der Waals surface area contributed by atoms with Crippen molar-refractivity contribution < 1.29 is 4.79 Å². The molecule has 78 valence electrons. The van der Waals surface area contributed by atoms with Gasteiger partial charge >= 0.3 is 0 Å². The number of rotatable bonds is 5. The van der Waals surface area contributed by atoms with Gasteiger partial charge in [0.25, 0.3) is 0 Å². The standard InChI is InChI=1S/C9H14BrN3O/c1-7(10)9(14)13-4-2-3-8-11-5-6-12-8/h5-7H,2-4H2,1H3,(H,11,12)(H,13,14). The SMILES string of the molecule is CC(Br)C(=O)NCCCc1ncc[nH]1. The lowest BCUT2D eigenvalue weighted by Gasteiger charge is -2.05. The van der Waals surface area contributed by atoms with Crippen LogP contribution >= 0.6 is 15.9 Å². The predicted octanol–water partition coefficient (Wildman–Crippen LogP) is 1.24. The lowest BCUT2D eigenvalue weighted by atomic mass is 10.3. The van der Waals surface area contributed by atoms with Gasteiger partial charge < -0.3 is 10.3 Å². The number of alkyl halides is 1. The monoisotopic (exact) mass is 259 g/mol. The van der Waals surface area contributed by atoms with Gasteiger partial charge in [0.1, 0.15) is 5.82 Å². The third kappa shape index (κ3) is 3.91. The van der Waals surface area contributed by atoms with E-state index in [2.05, 4.69) is 31.2 Å². The van der Waals surface area contributed by atoms with Crippen LogP contribution in [0, 0.1) is 0 Å². The fourth-order valence-electron chi connectivity index (χ4n) is 1.04. The number of hydrogen-bond acceptors (Lipinski definition) is 2. The maximum Gasteiger partial charge on any atom is 0.233 e. The number of amides is 1. The molecule has 0 bridgehead atoms. The molecule has 14 heavy (non-hydrogen) atoms. The van der Waals surface area contributed by atoms with E-state index in [4.69, 9.17) is 0 Å². The van der Waals surface area contributed by atoms with Crippen molar-refractivity contribution in [3.8, 4) is 0 Å². The van der Waals surface area contributed by atoms with E-state index in [1.54, 1.807) is 12.4 Å². The first-order valence-electron chi connectivity index (χ1n) is 4.60. The van der Waals surface area contributed by atoms with E-state index in [9.17, 15) is 4.79 Å². The van der Waals surface area contributed by atoms with E-state index in [-0.39, 0.29) is 10.7 Å². The molecule has 1 rings (SSSR count). The second-order valence-electron chi connectivity index (χ2n) is 3.05. The van der Waals surface area contributed by atoms with Gasteiger partial charge in [-0.2, -0.15) is 0 Å². The van der Waals surface area contributed by atoms with Crippen LogP contribution in [0.2, 0.25) is 0 Å². The topological polar surface area (TPSA) is 57.8 Å². The molecule has 0 aromatic carbocycles. The number of nitrogens with one attached hydrogen (secondary N) is 2. The van der Waals surface area contributed by atoms with Crippen molar-refractivity contribution in [1.29, 1.82) is 0 Å². The Kier molecular flexibility index (Phi) is 4.65. The van der Waals surface area contributed by atoms with E-state index < -0.39 is 0 Å². The highest BCUT2D eigenvalue weighted by molar-refractivity contribution is 9.10. The van der Waals surface area contributed by atoms with Crippen LogP contribution < -0.4 is 5.32 Å². The lowest BCUT2D eigenvalue weighted by Crippen LogP contribution is -2.30. The fourth-order valence-corrected chi connectivity index (χ4v) is 1.20. The van der Waals surface area contributed by atoms with Gasteiger partial charge in [-0.25, -0.2) is 4.98 Å². The molecule has 0 radical (unpaired) electrons. The van der Waals surface area contributed by atoms with Crippen LogP contribution in [0.15, 0.2) is 12.4 Å². The maximum absolute atomic E-state index is 11.1. The Morgan fingerprint density at radius 3 is 3.14 bits per heavy atom. The minimum atomic E-state index is -0.119. The zero-order chi connectivity index (χ0) is 10.4. The van der Waals surface area contributed by atoms with E-state index in [1.807, 2.05) is 6.92 Å². The number of aryl methyl sites for hydroxylation is 1. The summed E-state index contributed by atoms with van der Waals surface area (Å²) < 4.78 is 0. The number of hydrogen-bond donors (Lipinski definition) is 2. The highest BCUT2D eigenvalue weighted by Crippen LogP contribution is 1.97. The Bertz CT molecular complexity index is 272. The normalized spacial score (nSPS) is 12.4. The summed E-state index contributed by atoms with van der Waals surface area (Å²) >= 11 is 3.20. The first-order valence-corrected chi connectivity index (χ1v) is 5.51. The first-order chi connectivity index (χ1) is 6.70. The number of carbonyl (C=O) groups is 1. The quantitative estimate of drug-likeness (QED) is 0.618. The molecule has 1 heterocycles. The highest BCUT2D eigenvalue weighted by atomic mass is 79.9. The molecular formula is C9H14BrN3O. The smallest absolute Gasteiger partial charge is 0.233 e. The molecule has 1 atom stereocenters.